The number of hydrogen-bond donors (Lipinski definition) is 5. The highest BCUT2D eigenvalue weighted by Gasteiger charge is 2.49. The minimum atomic E-state index is -1.41. The van der Waals surface area contributed by atoms with E-state index in [9.17, 15) is 19.8 Å². The first-order valence-corrected chi connectivity index (χ1v) is 7.93. The Kier molecular flexibility index (Phi) is 4.91. The monoisotopic (exact) mass is 368 g/mol. The van der Waals surface area contributed by atoms with Gasteiger partial charge in [-0.05, 0) is 6.92 Å². The van der Waals surface area contributed by atoms with Gasteiger partial charge in [-0.15, -0.1) is 0 Å². The lowest BCUT2D eigenvalue weighted by Crippen LogP contribution is -2.48. The van der Waals surface area contributed by atoms with Gasteiger partial charge in [-0.3, -0.25) is 19.1 Å². The van der Waals surface area contributed by atoms with Gasteiger partial charge >= 0.3 is 0 Å². The number of carbonyl (C=O) groups excluding carboxylic acids is 1. The second-order valence-electron chi connectivity index (χ2n) is 5.80. The molecular formula is C14H20N6O6. The largest absolute Gasteiger partial charge is 0.387 e. The van der Waals surface area contributed by atoms with E-state index in [0.717, 1.165) is 0 Å². The number of imidazole rings is 1. The van der Waals surface area contributed by atoms with Gasteiger partial charge in [0, 0.05) is 13.7 Å². The van der Waals surface area contributed by atoms with Crippen molar-refractivity contribution in [1.29, 1.82) is 0 Å². The third kappa shape index (κ3) is 2.92. The van der Waals surface area contributed by atoms with E-state index in [4.69, 9.17) is 15.2 Å². The summed E-state index contributed by atoms with van der Waals surface area (Å²) in [6, 6.07) is 0. The first-order chi connectivity index (χ1) is 12.4. The van der Waals surface area contributed by atoms with Gasteiger partial charge in [0.1, 0.15) is 18.3 Å². The van der Waals surface area contributed by atoms with Gasteiger partial charge in [0.2, 0.25) is 5.95 Å². The molecule has 1 amide bonds. The van der Waals surface area contributed by atoms with E-state index in [-0.39, 0.29) is 17.1 Å². The summed E-state index contributed by atoms with van der Waals surface area (Å²) < 4.78 is 12.1. The highest BCUT2D eigenvalue weighted by atomic mass is 16.6. The summed E-state index contributed by atoms with van der Waals surface area (Å²) in [4.78, 5) is 34.2. The Hall–Kier alpha value is -2.54. The lowest BCUT2D eigenvalue weighted by Gasteiger charge is -2.23. The van der Waals surface area contributed by atoms with Crippen LogP contribution in [-0.4, -0.2) is 73.7 Å². The number of ether oxygens (including phenoxy) is 2. The molecule has 0 radical (unpaired) electrons. The van der Waals surface area contributed by atoms with Crippen LogP contribution in [0, 0.1) is 0 Å². The van der Waals surface area contributed by atoms with Gasteiger partial charge < -0.3 is 30.7 Å². The summed E-state index contributed by atoms with van der Waals surface area (Å²) >= 11 is 0. The molecule has 0 spiro atoms. The number of methoxy groups -OCH3 is 1. The highest BCUT2D eigenvalue weighted by molar-refractivity contribution is 5.81. The van der Waals surface area contributed by atoms with Crippen LogP contribution in [0.4, 0.5) is 5.95 Å². The molecule has 1 saturated heterocycles. The Morgan fingerprint density at radius 1 is 1.54 bits per heavy atom. The summed E-state index contributed by atoms with van der Waals surface area (Å²) in [7, 11) is 1.30. The van der Waals surface area contributed by atoms with Crippen LogP contribution in [0.2, 0.25) is 0 Å². The molecule has 2 aromatic heterocycles. The maximum Gasteiger partial charge on any atom is 0.280 e. The fourth-order valence-corrected chi connectivity index (χ4v) is 2.96. The molecular weight excluding hydrogens is 348 g/mol. The van der Waals surface area contributed by atoms with Crippen molar-refractivity contribution < 1.29 is 24.5 Å². The minimum absolute atomic E-state index is 0.0000395. The number of nitrogens with two attached hydrogens (primary N) is 1. The molecule has 12 nitrogen and oxygen atoms in total. The molecule has 1 aliphatic rings. The van der Waals surface area contributed by atoms with Crippen molar-refractivity contribution in [2.45, 2.75) is 37.6 Å². The quantitative estimate of drug-likeness (QED) is 0.381. The van der Waals surface area contributed by atoms with Crippen LogP contribution in [-0.2, 0) is 14.3 Å². The van der Waals surface area contributed by atoms with Gasteiger partial charge in [-0.1, -0.05) is 0 Å². The number of anilines is 1. The minimum Gasteiger partial charge on any atom is -0.387 e. The molecule has 0 saturated carbocycles. The SMILES string of the molecule is CCNC(=O)C(OC)[C@H]1O[C@@H](n2cnc3c(=O)[nH]c(N)nc32)[C@H](O)[C@@H]1O. The molecule has 5 atom stereocenters. The Balaban J connectivity index is 1.95. The van der Waals surface area contributed by atoms with Crippen molar-refractivity contribution in [3.63, 3.8) is 0 Å². The highest BCUT2D eigenvalue weighted by Crippen LogP contribution is 2.33. The number of nitrogens with one attached hydrogen (secondary N) is 2. The molecule has 0 bridgehead atoms. The Morgan fingerprint density at radius 3 is 2.92 bits per heavy atom. The molecule has 26 heavy (non-hydrogen) atoms. The van der Waals surface area contributed by atoms with Crippen LogP contribution >= 0.6 is 0 Å². The molecule has 142 valence electrons. The number of carbonyl (C=O) groups is 1. The van der Waals surface area contributed by atoms with Crippen molar-refractivity contribution in [2.75, 3.05) is 19.4 Å². The van der Waals surface area contributed by atoms with Gasteiger partial charge in [0.05, 0.1) is 6.33 Å². The zero-order valence-corrected chi connectivity index (χ0v) is 14.1. The molecule has 2 aromatic rings. The van der Waals surface area contributed by atoms with E-state index in [1.54, 1.807) is 6.92 Å². The average molecular weight is 368 g/mol. The molecule has 0 aromatic carbocycles. The van der Waals surface area contributed by atoms with Crippen LogP contribution in [0.3, 0.4) is 0 Å². The molecule has 1 fully saturated rings. The summed E-state index contributed by atoms with van der Waals surface area (Å²) in [6.45, 7) is 2.10. The lowest BCUT2D eigenvalue weighted by atomic mass is 10.0. The number of nitrogens with zero attached hydrogens (tertiary/aromatic N) is 3. The Bertz CT molecular complexity index is 865. The fourth-order valence-electron chi connectivity index (χ4n) is 2.96. The lowest BCUT2D eigenvalue weighted by molar-refractivity contribution is -0.147. The molecule has 0 aliphatic carbocycles. The van der Waals surface area contributed by atoms with E-state index in [1.807, 2.05) is 0 Å². The number of hydrogen-bond acceptors (Lipinski definition) is 9. The van der Waals surface area contributed by atoms with Gasteiger partial charge in [-0.2, -0.15) is 4.98 Å². The number of aliphatic hydroxyl groups is 2. The molecule has 3 heterocycles. The average Bonchev–Trinajstić information content (AvgIpc) is 3.12. The van der Waals surface area contributed by atoms with Crippen LogP contribution in [0.25, 0.3) is 11.2 Å². The smallest absolute Gasteiger partial charge is 0.280 e. The second-order valence-corrected chi connectivity index (χ2v) is 5.80. The molecule has 6 N–H and O–H groups in total. The number of H-pyrrole nitrogens is 1. The molecule has 12 heteroatoms. The predicted octanol–water partition coefficient (Wildman–Crippen LogP) is -2.53. The number of aromatic amines is 1. The van der Waals surface area contributed by atoms with E-state index < -0.39 is 42.1 Å². The number of fused-ring (bicyclic) bond motifs is 1. The zero-order valence-electron chi connectivity index (χ0n) is 14.1. The second kappa shape index (κ2) is 6.99. The summed E-state index contributed by atoms with van der Waals surface area (Å²) in [5.74, 6) is -0.618. The van der Waals surface area contributed by atoms with E-state index >= 15 is 0 Å². The van der Waals surface area contributed by atoms with Gasteiger partial charge in [0.15, 0.2) is 23.5 Å². The normalized spacial score (nSPS) is 26.9. The molecule has 1 aliphatic heterocycles. The van der Waals surface area contributed by atoms with Crippen molar-refractivity contribution >= 4 is 23.0 Å². The van der Waals surface area contributed by atoms with Gasteiger partial charge in [-0.25, -0.2) is 4.98 Å². The van der Waals surface area contributed by atoms with Gasteiger partial charge in [0.25, 0.3) is 11.5 Å². The molecule has 1 unspecified atom stereocenters. The van der Waals surface area contributed by atoms with Crippen LogP contribution < -0.4 is 16.6 Å². The summed E-state index contributed by atoms with van der Waals surface area (Å²) in [5.41, 5.74) is 5.08. The van der Waals surface area contributed by atoms with Crippen molar-refractivity contribution in [2.24, 2.45) is 0 Å². The number of amides is 1. The Morgan fingerprint density at radius 2 is 2.27 bits per heavy atom. The van der Waals surface area contributed by atoms with Crippen LogP contribution in [0.5, 0.6) is 0 Å². The maximum absolute atomic E-state index is 12.1. The number of nitrogen functional groups attached to an aromatic ring is 1. The fraction of sp³-hybridized carbons (Fsp3) is 0.571. The third-order valence-electron chi connectivity index (χ3n) is 4.16. The molecule has 3 rings (SSSR count). The van der Waals surface area contributed by atoms with Crippen molar-refractivity contribution in [1.82, 2.24) is 24.8 Å². The predicted molar refractivity (Wildman–Crippen MR) is 88.0 cm³/mol. The topological polar surface area (TPSA) is 178 Å². The summed E-state index contributed by atoms with van der Waals surface area (Å²) in [6.07, 6.45) is -5.00. The third-order valence-corrected chi connectivity index (χ3v) is 4.16. The van der Waals surface area contributed by atoms with Crippen molar-refractivity contribution in [3.05, 3.63) is 16.7 Å². The summed E-state index contributed by atoms with van der Waals surface area (Å²) in [5, 5.41) is 23.3. The van der Waals surface area contributed by atoms with Crippen LogP contribution in [0.1, 0.15) is 13.2 Å². The van der Waals surface area contributed by atoms with Crippen molar-refractivity contribution in [3.8, 4) is 0 Å². The number of aliphatic hydroxyl groups excluding tert-OH is 2. The standard InChI is InChI=1S/C14H20N6O6/c1-3-16-12(24)9(25-2)8-6(21)7(22)13(26-8)20-4-17-5-10(20)18-14(15)19-11(5)23/h4,6-9,13,21-22H,3H2,1-2H3,(H,16,24)(H3,15,18,19,23)/t6-,7+,8-,9?,13+/m0/s1. The van der Waals surface area contributed by atoms with E-state index in [0.29, 0.717) is 6.54 Å². The Labute approximate surface area is 146 Å². The van der Waals surface area contributed by atoms with E-state index in [1.165, 1.54) is 18.0 Å². The van der Waals surface area contributed by atoms with Crippen LogP contribution in [0.15, 0.2) is 11.1 Å². The number of rotatable bonds is 5. The van der Waals surface area contributed by atoms with E-state index in [2.05, 4.69) is 20.3 Å². The zero-order chi connectivity index (χ0) is 19.0. The number of aromatic nitrogens is 4. The number of likely N-dealkylation sites (N-methyl/N-ethyl adjacent to an activating group) is 1. The first kappa shape index (κ1) is 18.3. The maximum atomic E-state index is 12.1. The first-order valence-electron chi connectivity index (χ1n) is 7.93.